The van der Waals surface area contributed by atoms with Crippen LogP contribution < -0.4 is 4.90 Å². The minimum absolute atomic E-state index is 1.11. The molecule has 3 heteroatoms. The zero-order chi connectivity index (χ0) is 36.3. The number of hydrogen-bond donors (Lipinski definition) is 0. The Labute approximate surface area is 323 Å². The lowest BCUT2D eigenvalue weighted by atomic mass is 10.0. The van der Waals surface area contributed by atoms with E-state index in [2.05, 4.69) is 216 Å². The molecule has 0 amide bonds. The fraction of sp³-hybridized carbons (Fsp3) is 0. The molecular weight excluding hydrogens is 685 g/mol. The summed E-state index contributed by atoms with van der Waals surface area (Å²) in [6, 6.07) is 75.1. The average Bonchev–Trinajstić information content (AvgIpc) is 3.80. The molecular formula is C52H34N2S. The molecule has 55 heavy (non-hydrogen) atoms. The van der Waals surface area contributed by atoms with Crippen LogP contribution in [0.4, 0.5) is 17.1 Å². The van der Waals surface area contributed by atoms with Crippen LogP contribution in [0.2, 0.25) is 0 Å². The molecule has 9 aromatic carbocycles. The Hall–Kier alpha value is -6.94. The third-order valence-electron chi connectivity index (χ3n) is 11.0. The average molecular weight is 719 g/mol. The Morgan fingerprint density at radius 2 is 0.945 bits per heavy atom. The first-order chi connectivity index (χ1) is 27.3. The van der Waals surface area contributed by atoms with Crippen LogP contribution in [0.3, 0.4) is 0 Å². The summed E-state index contributed by atoms with van der Waals surface area (Å²) in [5.41, 5.74) is 11.7. The summed E-state index contributed by atoms with van der Waals surface area (Å²) in [4.78, 5) is 2.40. The summed E-state index contributed by atoms with van der Waals surface area (Å²) in [5.74, 6) is 0. The molecule has 0 aliphatic rings. The van der Waals surface area contributed by atoms with E-state index in [0.717, 1.165) is 22.7 Å². The molecule has 2 nitrogen and oxygen atoms in total. The van der Waals surface area contributed by atoms with Gasteiger partial charge in [0.05, 0.1) is 11.0 Å². The molecule has 0 aliphatic carbocycles. The van der Waals surface area contributed by atoms with Crippen molar-refractivity contribution >= 4 is 81.1 Å². The van der Waals surface area contributed by atoms with Gasteiger partial charge in [-0.15, -0.1) is 11.3 Å². The van der Waals surface area contributed by atoms with Gasteiger partial charge in [-0.3, -0.25) is 0 Å². The van der Waals surface area contributed by atoms with E-state index in [1.165, 1.54) is 75.0 Å². The van der Waals surface area contributed by atoms with Gasteiger partial charge < -0.3 is 9.47 Å². The van der Waals surface area contributed by atoms with E-state index in [0.29, 0.717) is 0 Å². The Morgan fingerprint density at radius 3 is 1.73 bits per heavy atom. The monoisotopic (exact) mass is 718 g/mol. The predicted octanol–water partition coefficient (Wildman–Crippen LogP) is 15.1. The van der Waals surface area contributed by atoms with Crippen LogP contribution in [0.25, 0.3) is 80.7 Å². The van der Waals surface area contributed by atoms with Crippen molar-refractivity contribution in [2.24, 2.45) is 0 Å². The summed E-state index contributed by atoms with van der Waals surface area (Å²) >= 11 is 1.88. The number of nitrogens with zero attached hydrogens (tertiary/aromatic N) is 2. The van der Waals surface area contributed by atoms with Crippen LogP contribution in [0.15, 0.2) is 206 Å². The molecule has 11 aromatic rings. The van der Waals surface area contributed by atoms with Gasteiger partial charge in [-0.2, -0.15) is 0 Å². The first kappa shape index (κ1) is 31.6. The Kier molecular flexibility index (Phi) is 7.39. The minimum atomic E-state index is 1.11. The van der Waals surface area contributed by atoms with E-state index in [-0.39, 0.29) is 0 Å². The van der Waals surface area contributed by atoms with Crippen LogP contribution in [-0.4, -0.2) is 4.57 Å². The zero-order valence-electron chi connectivity index (χ0n) is 29.9. The SMILES string of the molecule is c1ccc(-c2ccc(N(c3cccc(-c4cccc(-n5c6ccccc6c6ccccc65)c4)c3)c3ccc4sc5c6ccccc6ccc5c4c3)cc2)cc1. The van der Waals surface area contributed by atoms with Gasteiger partial charge in [0, 0.05) is 53.7 Å². The number of para-hydroxylation sites is 2. The van der Waals surface area contributed by atoms with E-state index in [9.17, 15) is 0 Å². The van der Waals surface area contributed by atoms with Crippen molar-refractivity contribution < 1.29 is 0 Å². The molecule has 0 atom stereocenters. The molecule has 2 aromatic heterocycles. The lowest BCUT2D eigenvalue weighted by molar-refractivity contribution is 1.18. The van der Waals surface area contributed by atoms with Gasteiger partial charge >= 0.3 is 0 Å². The molecule has 0 saturated carbocycles. The molecule has 258 valence electrons. The number of thiophene rings is 1. The van der Waals surface area contributed by atoms with Crippen LogP contribution >= 0.6 is 11.3 Å². The number of benzene rings is 9. The second-order valence-corrected chi connectivity index (χ2v) is 15.2. The lowest BCUT2D eigenvalue weighted by Crippen LogP contribution is -2.10. The Balaban J connectivity index is 1.06. The number of rotatable bonds is 6. The third kappa shape index (κ3) is 5.32. The van der Waals surface area contributed by atoms with Crippen LogP contribution in [0.1, 0.15) is 0 Å². The van der Waals surface area contributed by atoms with Crippen molar-refractivity contribution in [3.63, 3.8) is 0 Å². The smallest absolute Gasteiger partial charge is 0.0541 e. The van der Waals surface area contributed by atoms with Gasteiger partial charge in [-0.05, 0) is 99.8 Å². The Morgan fingerprint density at radius 1 is 0.345 bits per heavy atom. The number of fused-ring (bicyclic) bond motifs is 8. The second kappa shape index (κ2) is 12.9. The Bertz CT molecular complexity index is 3150. The molecule has 0 radical (unpaired) electrons. The fourth-order valence-electron chi connectivity index (χ4n) is 8.36. The number of anilines is 3. The van der Waals surface area contributed by atoms with Crippen molar-refractivity contribution in [2.75, 3.05) is 4.90 Å². The van der Waals surface area contributed by atoms with Crippen molar-refractivity contribution in [3.05, 3.63) is 206 Å². The van der Waals surface area contributed by atoms with E-state index < -0.39 is 0 Å². The largest absolute Gasteiger partial charge is 0.310 e. The predicted molar refractivity (Wildman–Crippen MR) is 237 cm³/mol. The third-order valence-corrected chi connectivity index (χ3v) is 12.2. The summed E-state index contributed by atoms with van der Waals surface area (Å²) in [6.07, 6.45) is 0. The molecule has 0 fully saturated rings. The normalized spacial score (nSPS) is 11.6. The molecule has 0 saturated heterocycles. The highest BCUT2D eigenvalue weighted by Gasteiger charge is 2.18. The zero-order valence-corrected chi connectivity index (χ0v) is 30.7. The minimum Gasteiger partial charge on any atom is -0.310 e. The van der Waals surface area contributed by atoms with Crippen molar-refractivity contribution in [3.8, 4) is 27.9 Å². The van der Waals surface area contributed by atoms with Gasteiger partial charge in [0.15, 0.2) is 0 Å². The van der Waals surface area contributed by atoms with Crippen molar-refractivity contribution in [1.29, 1.82) is 0 Å². The highest BCUT2D eigenvalue weighted by atomic mass is 32.1. The maximum Gasteiger partial charge on any atom is 0.0541 e. The maximum absolute atomic E-state index is 2.40. The summed E-state index contributed by atoms with van der Waals surface area (Å²) in [5, 5.41) is 7.71. The fourth-order valence-corrected chi connectivity index (χ4v) is 9.58. The molecule has 0 N–H and O–H groups in total. The van der Waals surface area contributed by atoms with Gasteiger partial charge in [-0.1, -0.05) is 140 Å². The quantitative estimate of drug-likeness (QED) is 0.166. The first-order valence-corrected chi connectivity index (χ1v) is 19.6. The van der Waals surface area contributed by atoms with Gasteiger partial charge in [0.25, 0.3) is 0 Å². The molecule has 11 rings (SSSR count). The van der Waals surface area contributed by atoms with E-state index in [1.807, 2.05) is 11.3 Å². The molecule has 0 spiro atoms. The van der Waals surface area contributed by atoms with Crippen LogP contribution in [0.5, 0.6) is 0 Å². The first-order valence-electron chi connectivity index (χ1n) is 18.8. The second-order valence-electron chi connectivity index (χ2n) is 14.2. The van der Waals surface area contributed by atoms with Crippen molar-refractivity contribution in [2.45, 2.75) is 0 Å². The van der Waals surface area contributed by atoms with E-state index in [4.69, 9.17) is 0 Å². The molecule has 2 heterocycles. The van der Waals surface area contributed by atoms with E-state index >= 15 is 0 Å². The maximum atomic E-state index is 2.40. The summed E-state index contributed by atoms with van der Waals surface area (Å²) in [6.45, 7) is 0. The highest BCUT2D eigenvalue weighted by Crippen LogP contribution is 2.44. The van der Waals surface area contributed by atoms with Crippen LogP contribution in [0, 0.1) is 0 Å². The lowest BCUT2D eigenvalue weighted by Gasteiger charge is -2.26. The number of aromatic nitrogens is 1. The van der Waals surface area contributed by atoms with Crippen molar-refractivity contribution in [1.82, 2.24) is 4.57 Å². The molecule has 0 unspecified atom stereocenters. The van der Waals surface area contributed by atoms with Gasteiger partial charge in [-0.25, -0.2) is 0 Å². The van der Waals surface area contributed by atoms with Gasteiger partial charge in [0.1, 0.15) is 0 Å². The highest BCUT2D eigenvalue weighted by molar-refractivity contribution is 7.26. The summed E-state index contributed by atoms with van der Waals surface area (Å²) < 4.78 is 5.03. The van der Waals surface area contributed by atoms with Gasteiger partial charge in [0.2, 0.25) is 0 Å². The topological polar surface area (TPSA) is 8.17 Å². The van der Waals surface area contributed by atoms with Crippen LogP contribution in [-0.2, 0) is 0 Å². The van der Waals surface area contributed by atoms with E-state index in [1.54, 1.807) is 0 Å². The number of hydrogen-bond acceptors (Lipinski definition) is 2. The summed E-state index contributed by atoms with van der Waals surface area (Å²) in [7, 11) is 0. The molecule has 0 aliphatic heterocycles. The molecule has 0 bridgehead atoms. The standard InChI is InChI=1S/C52H34N2S/c1-2-12-35(13-3-1)36-24-27-40(28-25-36)53(43-29-31-51-48(34-43)47-30-26-37-14-4-5-19-44(37)52(47)55-51)41-17-10-15-38(32-41)39-16-11-18-42(33-39)54-49-22-8-6-20-45(49)46-21-7-9-23-50(46)54/h1-34H.